The van der Waals surface area contributed by atoms with Crippen LogP contribution in [0, 0.1) is 0 Å². The van der Waals surface area contributed by atoms with Gasteiger partial charge in [0.05, 0.1) is 0 Å². The van der Waals surface area contributed by atoms with E-state index in [4.69, 9.17) is 0 Å². The van der Waals surface area contributed by atoms with Crippen molar-refractivity contribution < 1.29 is 14.7 Å². The van der Waals surface area contributed by atoms with E-state index in [0.29, 0.717) is 24.1 Å². The molecule has 0 amide bonds. The van der Waals surface area contributed by atoms with Crippen LogP contribution >= 0.6 is 0 Å². The van der Waals surface area contributed by atoms with Crippen LogP contribution in [-0.2, 0) is 16.0 Å². The third-order valence-corrected chi connectivity index (χ3v) is 6.11. The van der Waals surface area contributed by atoms with Crippen LogP contribution in [-0.4, -0.2) is 32.9 Å². The molecule has 1 atom stereocenters. The van der Waals surface area contributed by atoms with Crippen molar-refractivity contribution in [2.24, 2.45) is 0 Å². The molecule has 0 spiro atoms. The number of carbonyl (C=O) groups is 2. The highest BCUT2D eigenvalue weighted by Crippen LogP contribution is 2.30. The molecule has 174 valence electrons. The standard InChI is InChI=1S/C28H24N4O3/c33-25-11-10-23(26(25)19-4-2-1-3-5-19)32-24(28(34)35)16-18-6-8-21(9-7-18)31-27-22-13-14-29-17-20(22)12-15-30-27/h1-9,12-15,17,24,32H,10-11,16H2,(H,30,31)(H,34,35)/t24-/m0/s1. The molecular formula is C28H24N4O3. The highest BCUT2D eigenvalue weighted by Gasteiger charge is 2.28. The number of carboxylic acids is 1. The summed E-state index contributed by atoms with van der Waals surface area (Å²) in [5.74, 6) is -0.190. The highest BCUT2D eigenvalue weighted by atomic mass is 16.4. The van der Waals surface area contributed by atoms with Crippen molar-refractivity contribution in [2.45, 2.75) is 25.3 Å². The van der Waals surface area contributed by atoms with Gasteiger partial charge in [-0.05, 0) is 41.8 Å². The topological polar surface area (TPSA) is 104 Å². The Hall–Kier alpha value is -4.52. The largest absolute Gasteiger partial charge is 0.480 e. The Morgan fingerprint density at radius 2 is 1.77 bits per heavy atom. The molecule has 2 aromatic carbocycles. The summed E-state index contributed by atoms with van der Waals surface area (Å²) in [7, 11) is 0. The second-order valence-electron chi connectivity index (χ2n) is 8.46. The lowest BCUT2D eigenvalue weighted by molar-refractivity contribution is -0.139. The molecule has 2 aromatic heterocycles. The van der Waals surface area contributed by atoms with Crippen molar-refractivity contribution in [3.05, 3.63) is 102 Å². The number of nitrogens with zero attached hydrogens (tertiary/aromatic N) is 2. The zero-order valence-electron chi connectivity index (χ0n) is 18.9. The summed E-state index contributed by atoms with van der Waals surface area (Å²) in [5.41, 5.74) is 3.82. The van der Waals surface area contributed by atoms with Crippen LogP contribution in [0.3, 0.4) is 0 Å². The van der Waals surface area contributed by atoms with Gasteiger partial charge in [0.15, 0.2) is 5.78 Å². The van der Waals surface area contributed by atoms with Gasteiger partial charge in [0, 0.05) is 59.2 Å². The summed E-state index contributed by atoms with van der Waals surface area (Å²) in [6.07, 6.45) is 6.44. The molecule has 5 rings (SSSR count). The van der Waals surface area contributed by atoms with Gasteiger partial charge in [0.25, 0.3) is 0 Å². The van der Waals surface area contributed by atoms with E-state index >= 15 is 0 Å². The predicted octanol–water partition coefficient (Wildman–Crippen LogP) is 4.73. The van der Waals surface area contributed by atoms with Crippen molar-refractivity contribution in [1.82, 2.24) is 15.3 Å². The molecule has 0 radical (unpaired) electrons. The summed E-state index contributed by atoms with van der Waals surface area (Å²) < 4.78 is 0. The number of rotatable bonds is 8. The van der Waals surface area contributed by atoms with Gasteiger partial charge in [-0.25, -0.2) is 9.78 Å². The first-order chi connectivity index (χ1) is 17.1. The maximum atomic E-state index is 12.5. The number of hydrogen-bond donors (Lipinski definition) is 3. The van der Waals surface area contributed by atoms with Crippen LogP contribution in [0.15, 0.2) is 91.0 Å². The lowest BCUT2D eigenvalue weighted by Crippen LogP contribution is -2.38. The number of hydrogen-bond acceptors (Lipinski definition) is 6. The van der Waals surface area contributed by atoms with Gasteiger partial charge >= 0.3 is 5.97 Å². The minimum atomic E-state index is -0.958. The molecule has 7 heteroatoms. The fourth-order valence-corrected chi connectivity index (χ4v) is 4.36. The summed E-state index contributed by atoms with van der Waals surface area (Å²) in [6.45, 7) is 0. The van der Waals surface area contributed by atoms with Crippen LogP contribution in [0.5, 0.6) is 0 Å². The Balaban J connectivity index is 1.32. The number of benzene rings is 2. The van der Waals surface area contributed by atoms with Crippen LogP contribution in [0.25, 0.3) is 16.3 Å². The molecule has 0 saturated heterocycles. The zero-order chi connectivity index (χ0) is 24.2. The third-order valence-electron chi connectivity index (χ3n) is 6.11. The number of allylic oxidation sites excluding steroid dienone is 2. The first kappa shape index (κ1) is 22.3. The first-order valence-corrected chi connectivity index (χ1v) is 11.4. The SMILES string of the molecule is O=C1CCC(N[C@@H](Cc2ccc(Nc3nccc4cnccc34)cc2)C(=O)O)=C1c1ccccc1. The average molecular weight is 465 g/mol. The number of fused-ring (bicyclic) bond motifs is 1. The van der Waals surface area contributed by atoms with Gasteiger partial charge in [-0.2, -0.15) is 0 Å². The maximum absolute atomic E-state index is 12.5. The molecular weight excluding hydrogens is 440 g/mol. The number of nitrogens with one attached hydrogen (secondary N) is 2. The van der Waals surface area contributed by atoms with Gasteiger partial charge in [-0.15, -0.1) is 0 Å². The zero-order valence-corrected chi connectivity index (χ0v) is 18.9. The van der Waals surface area contributed by atoms with E-state index in [2.05, 4.69) is 20.6 Å². The van der Waals surface area contributed by atoms with Gasteiger partial charge < -0.3 is 15.7 Å². The predicted molar refractivity (Wildman–Crippen MR) is 135 cm³/mol. The molecule has 7 nitrogen and oxygen atoms in total. The van der Waals surface area contributed by atoms with Crippen LogP contribution in [0.1, 0.15) is 24.0 Å². The molecule has 0 bridgehead atoms. The fourth-order valence-electron chi connectivity index (χ4n) is 4.36. The summed E-state index contributed by atoms with van der Waals surface area (Å²) in [4.78, 5) is 33.1. The molecule has 3 N–H and O–H groups in total. The van der Waals surface area contributed by atoms with Crippen molar-refractivity contribution in [3.8, 4) is 0 Å². The second kappa shape index (κ2) is 9.77. The number of Topliss-reactive ketones (excluding diaryl/α,β-unsaturated/α-hetero) is 1. The smallest absolute Gasteiger partial charge is 0.326 e. The number of carboxylic acid groups (broad SMARTS) is 1. The minimum Gasteiger partial charge on any atom is -0.480 e. The van der Waals surface area contributed by atoms with Crippen LogP contribution in [0.4, 0.5) is 11.5 Å². The van der Waals surface area contributed by atoms with Crippen LogP contribution < -0.4 is 10.6 Å². The van der Waals surface area contributed by atoms with E-state index in [9.17, 15) is 14.7 Å². The van der Waals surface area contributed by atoms with Gasteiger partial charge in [0.2, 0.25) is 0 Å². The Kier molecular flexibility index (Phi) is 6.22. The third kappa shape index (κ3) is 4.89. The number of ketones is 1. The molecule has 1 aliphatic carbocycles. The lowest BCUT2D eigenvalue weighted by atomic mass is 10.0. The van der Waals surface area contributed by atoms with Crippen LogP contribution in [0.2, 0.25) is 0 Å². The molecule has 35 heavy (non-hydrogen) atoms. The van der Waals surface area contributed by atoms with E-state index in [1.165, 1.54) is 0 Å². The molecule has 2 heterocycles. The summed E-state index contributed by atoms with van der Waals surface area (Å²) in [5, 5.41) is 18.3. The van der Waals surface area contributed by atoms with Crippen molar-refractivity contribution in [1.29, 1.82) is 0 Å². The van der Waals surface area contributed by atoms with E-state index in [-0.39, 0.29) is 12.2 Å². The molecule has 0 saturated carbocycles. The first-order valence-electron chi connectivity index (χ1n) is 11.4. The number of aliphatic carboxylic acids is 1. The number of carbonyl (C=O) groups excluding carboxylic acids is 1. The molecule has 1 aliphatic rings. The second-order valence-corrected chi connectivity index (χ2v) is 8.46. The van der Waals surface area contributed by atoms with E-state index in [1.807, 2.05) is 66.7 Å². The average Bonchev–Trinajstić information content (AvgIpc) is 3.25. The molecule has 0 unspecified atom stereocenters. The number of aromatic nitrogens is 2. The van der Waals surface area contributed by atoms with Gasteiger partial charge in [-0.3, -0.25) is 9.78 Å². The Morgan fingerprint density at radius 3 is 2.54 bits per heavy atom. The van der Waals surface area contributed by atoms with Crippen molar-refractivity contribution in [2.75, 3.05) is 5.32 Å². The van der Waals surface area contributed by atoms with Crippen molar-refractivity contribution >= 4 is 39.6 Å². The Morgan fingerprint density at radius 1 is 0.971 bits per heavy atom. The van der Waals surface area contributed by atoms with Gasteiger partial charge in [-0.1, -0.05) is 42.5 Å². The molecule has 0 aliphatic heterocycles. The fraction of sp³-hybridized carbons (Fsp3) is 0.143. The quantitative estimate of drug-likeness (QED) is 0.346. The van der Waals surface area contributed by atoms with Gasteiger partial charge in [0.1, 0.15) is 11.9 Å². The monoisotopic (exact) mass is 464 g/mol. The van der Waals surface area contributed by atoms with Crippen molar-refractivity contribution in [3.63, 3.8) is 0 Å². The normalized spacial score (nSPS) is 14.2. The van der Waals surface area contributed by atoms with E-state index < -0.39 is 12.0 Å². The summed E-state index contributed by atoms with van der Waals surface area (Å²) >= 11 is 0. The molecule has 0 fully saturated rings. The maximum Gasteiger partial charge on any atom is 0.326 e. The summed E-state index contributed by atoms with van der Waals surface area (Å²) in [6, 6.07) is 20.0. The highest BCUT2D eigenvalue weighted by molar-refractivity contribution is 6.23. The Bertz CT molecular complexity index is 1410. The Labute approximate surface area is 202 Å². The number of anilines is 2. The minimum absolute atomic E-state index is 0.0380. The number of pyridine rings is 2. The molecule has 4 aromatic rings. The lowest BCUT2D eigenvalue weighted by Gasteiger charge is -2.18. The van der Waals surface area contributed by atoms with E-state index in [0.717, 1.165) is 33.4 Å². The van der Waals surface area contributed by atoms with E-state index in [1.54, 1.807) is 18.6 Å².